The second-order valence-electron chi connectivity index (χ2n) is 2.84. The third-order valence-corrected chi connectivity index (χ3v) is 1.57. The third kappa shape index (κ3) is 3.27. The normalized spacial score (nSPS) is 12.1. The molecule has 1 heterocycles. The number of carbonyl (C=O) groups is 1. The number of nitrogen functional groups attached to an aromatic ring is 2. The summed E-state index contributed by atoms with van der Waals surface area (Å²) in [6.45, 7) is -0.0643. The predicted octanol–water partition coefficient (Wildman–Crippen LogP) is -2.10. The number of nitrogens with one attached hydrogen (secondary N) is 1. The molecule has 0 saturated carbocycles. The number of nitrogens with zero attached hydrogens (tertiary/aromatic N) is 2. The van der Waals surface area contributed by atoms with Gasteiger partial charge < -0.3 is 27.6 Å². The van der Waals surface area contributed by atoms with Gasteiger partial charge in [-0.25, -0.2) is 0 Å². The average molecular weight is 212 g/mol. The van der Waals surface area contributed by atoms with Gasteiger partial charge in [-0.1, -0.05) is 0 Å². The summed E-state index contributed by atoms with van der Waals surface area (Å²) < 4.78 is 0. The molecule has 0 aliphatic heterocycles. The second kappa shape index (κ2) is 4.42. The van der Waals surface area contributed by atoms with Gasteiger partial charge in [-0.2, -0.15) is 9.97 Å². The zero-order valence-corrected chi connectivity index (χ0v) is 7.84. The summed E-state index contributed by atoms with van der Waals surface area (Å²) in [6, 6.07) is 1.42. The fraction of sp³-hybridized carbons (Fsp3) is 0.286. The van der Waals surface area contributed by atoms with Crippen molar-refractivity contribution in [3.63, 3.8) is 0 Å². The lowest BCUT2D eigenvalue weighted by Gasteiger charge is -2.09. The molecule has 0 spiro atoms. The minimum atomic E-state index is -1.29. The quantitative estimate of drug-likeness (QED) is 0.383. The number of nitrogens with two attached hydrogens (primary N) is 3. The number of aliphatic hydroxyl groups is 1. The number of aromatic nitrogens is 2. The van der Waals surface area contributed by atoms with Crippen molar-refractivity contribution in [2.45, 2.75) is 6.10 Å². The highest BCUT2D eigenvalue weighted by Crippen LogP contribution is 2.08. The highest BCUT2D eigenvalue weighted by Gasteiger charge is 2.10. The van der Waals surface area contributed by atoms with E-state index in [4.69, 9.17) is 22.3 Å². The predicted molar refractivity (Wildman–Crippen MR) is 54.5 cm³/mol. The van der Waals surface area contributed by atoms with Crippen molar-refractivity contribution in [2.75, 3.05) is 23.3 Å². The molecule has 1 rings (SSSR count). The molecule has 1 aromatic heterocycles. The van der Waals surface area contributed by atoms with Crippen LogP contribution in [-0.4, -0.2) is 33.6 Å². The third-order valence-electron chi connectivity index (χ3n) is 1.57. The van der Waals surface area contributed by atoms with E-state index in [2.05, 4.69) is 15.3 Å². The fourth-order valence-electron chi connectivity index (χ4n) is 0.878. The molecule has 15 heavy (non-hydrogen) atoms. The Morgan fingerprint density at radius 2 is 2.20 bits per heavy atom. The Labute approximate surface area is 85.5 Å². The monoisotopic (exact) mass is 212 g/mol. The fourth-order valence-corrected chi connectivity index (χ4v) is 0.878. The Kier molecular flexibility index (Phi) is 3.24. The second-order valence-corrected chi connectivity index (χ2v) is 2.84. The average Bonchev–Trinajstić information content (AvgIpc) is 2.12. The first-order valence-corrected chi connectivity index (χ1v) is 4.10. The van der Waals surface area contributed by atoms with Crippen molar-refractivity contribution in [2.24, 2.45) is 5.73 Å². The van der Waals surface area contributed by atoms with Gasteiger partial charge in [-0.05, 0) is 0 Å². The van der Waals surface area contributed by atoms with Crippen LogP contribution in [0.1, 0.15) is 0 Å². The molecular weight excluding hydrogens is 200 g/mol. The van der Waals surface area contributed by atoms with Crippen LogP contribution in [0.25, 0.3) is 0 Å². The van der Waals surface area contributed by atoms with Crippen LogP contribution < -0.4 is 22.5 Å². The molecule has 1 unspecified atom stereocenters. The smallest absolute Gasteiger partial charge is 0.248 e. The first-order valence-electron chi connectivity index (χ1n) is 4.10. The van der Waals surface area contributed by atoms with Crippen LogP contribution in [0.2, 0.25) is 0 Å². The van der Waals surface area contributed by atoms with Crippen molar-refractivity contribution < 1.29 is 9.90 Å². The number of primary amides is 1. The number of aliphatic hydroxyl groups excluding tert-OH is 1. The van der Waals surface area contributed by atoms with Crippen LogP contribution in [0, 0.1) is 0 Å². The first kappa shape index (κ1) is 11.0. The maximum absolute atomic E-state index is 10.5. The van der Waals surface area contributed by atoms with E-state index in [0.717, 1.165) is 0 Å². The van der Waals surface area contributed by atoms with E-state index >= 15 is 0 Å². The van der Waals surface area contributed by atoms with Crippen LogP contribution in [0.15, 0.2) is 6.07 Å². The minimum absolute atomic E-state index is 0.00562. The Balaban J connectivity index is 2.61. The molecule has 1 atom stereocenters. The van der Waals surface area contributed by atoms with Crippen LogP contribution >= 0.6 is 0 Å². The Morgan fingerprint density at radius 3 is 2.73 bits per heavy atom. The summed E-state index contributed by atoms with van der Waals surface area (Å²) in [5.41, 5.74) is 15.6. The molecule has 8 N–H and O–H groups in total. The molecular formula is C7H12N6O2. The zero-order chi connectivity index (χ0) is 11.4. The van der Waals surface area contributed by atoms with E-state index in [-0.39, 0.29) is 18.3 Å². The summed E-state index contributed by atoms with van der Waals surface area (Å²) >= 11 is 0. The Bertz CT molecular complexity index is 348. The van der Waals surface area contributed by atoms with Gasteiger partial charge in [0.2, 0.25) is 11.9 Å². The summed E-state index contributed by atoms with van der Waals surface area (Å²) in [4.78, 5) is 17.9. The summed E-state index contributed by atoms with van der Waals surface area (Å²) in [5, 5.41) is 11.7. The van der Waals surface area contributed by atoms with Crippen molar-refractivity contribution >= 4 is 23.5 Å². The summed E-state index contributed by atoms with van der Waals surface area (Å²) in [7, 11) is 0. The van der Waals surface area contributed by atoms with Gasteiger partial charge in [0.15, 0.2) is 0 Å². The topological polar surface area (TPSA) is 153 Å². The summed E-state index contributed by atoms with van der Waals surface area (Å²) in [6.07, 6.45) is -1.29. The van der Waals surface area contributed by atoms with E-state index in [1.54, 1.807) is 0 Å². The molecule has 0 fully saturated rings. The lowest BCUT2D eigenvalue weighted by atomic mass is 10.3. The molecule has 1 aromatic rings. The minimum Gasteiger partial charge on any atom is -0.383 e. The van der Waals surface area contributed by atoms with E-state index < -0.39 is 12.0 Å². The molecule has 82 valence electrons. The zero-order valence-electron chi connectivity index (χ0n) is 7.84. The summed E-state index contributed by atoms with van der Waals surface area (Å²) in [5.74, 6) is -0.303. The van der Waals surface area contributed by atoms with E-state index in [1.165, 1.54) is 6.07 Å². The molecule has 8 nitrogen and oxygen atoms in total. The molecule has 1 amide bonds. The maximum atomic E-state index is 10.5. The molecule has 0 aliphatic rings. The molecule has 8 heteroatoms. The van der Waals surface area contributed by atoms with Crippen molar-refractivity contribution in [1.29, 1.82) is 0 Å². The molecule has 0 saturated heterocycles. The van der Waals surface area contributed by atoms with Crippen molar-refractivity contribution in [3.05, 3.63) is 6.07 Å². The Hall–Kier alpha value is -2.09. The largest absolute Gasteiger partial charge is 0.383 e. The van der Waals surface area contributed by atoms with Gasteiger partial charge in [-0.15, -0.1) is 0 Å². The van der Waals surface area contributed by atoms with Crippen molar-refractivity contribution in [3.8, 4) is 0 Å². The van der Waals surface area contributed by atoms with Crippen LogP contribution in [-0.2, 0) is 4.79 Å². The van der Waals surface area contributed by atoms with Crippen LogP contribution in [0.4, 0.5) is 17.6 Å². The van der Waals surface area contributed by atoms with Gasteiger partial charge in [0.25, 0.3) is 0 Å². The lowest BCUT2D eigenvalue weighted by molar-refractivity contribution is -0.125. The van der Waals surface area contributed by atoms with Crippen molar-refractivity contribution in [1.82, 2.24) is 9.97 Å². The van der Waals surface area contributed by atoms with E-state index in [0.29, 0.717) is 5.82 Å². The van der Waals surface area contributed by atoms with Gasteiger partial charge in [0.05, 0.1) is 6.54 Å². The van der Waals surface area contributed by atoms with Crippen LogP contribution in [0.3, 0.4) is 0 Å². The number of rotatable bonds is 4. The number of anilines is 3. The van der Waals surface area contributed by atoms with Crippen LogP contribution in [0.5, 0.6) is 0 Å². The van der Waals surface area contributed by atoms with Gasteiger partial charge in [0, 0.05) is 6.07 Å². The number of hydrogen-bond donors (Lipinski definition) is 5. The highest BCUT2D eigenvalue weighted by molar-refractivity contribution is 5.79. The highest BCUT2D eigenvalue weighted by atomic mass is 16.3. The number of hydrogen-bond acceptors (Lipinski definition) is 7. The van der Waals surface area contributed by atoms with Gasteiger partial charge in [0.1, 0.15) is 17.7 Å². The maximum Gasteiger partial charge on any atom is 0.248 e. The molecule has 0 bridgehead atoms. The van der Waals surface area contributed by atoms with Gasteiger partial charge in [-0.3, -0.25) is 4.79 Å². The lowest BCUT2D eigenvalue weighted by Crippen LogP contribution is -2.34. The number of carbonyl (C=O) groups excluding carboxylic acids is 1. The van der Waals surface area contributed by atoms with E-state index in [1.807, 2.05) is 0 Å². The molecule has 0 radical (unpaired) electrons. The van der Waals surface area contributed by atoms with E-state index in [9.17, 15) is 4.79 Å². The Morgan fingerprint density at radius 1 is 1.53 bits per heavy atom. The SMILES string of the molecule is NC(=O)C(O)CNc1cc(N)nc(N)n1. The standard InChI is InChI=1S/C7H12N6O2/c8-4-1-5(13-7(10)12-4)11-2-3(14)6(9)15/h1,3,14H,2H2,(H2,9,15)(H5,8,10,11,12,13). The molecule has 0 aromatic carbocycles. The molecule has 0 aliphatic carbocycles. The van der Waals surface area contributed by atoms with Gasteiger partial charge >= 0.3 is 0 Å². The number of amides is 1. The first-order chi connectivity index (χ1) is 6.99.